The monoisotopic (exact) mass is 374 g/mol. The summed E-state index contributed by atoms with van der Waals surface area (Å²) in [6, 6.07) is 15.9. The highest BCUT2D eigenvalue weighted by Crippen LogP contribution is 2.36. The molecule has 2 aliphatic heterocycles. The van der Waals surface area contributed by atoms with Gasteiger partial charge in [-0.3, -0.25) is 4.72 Å². The predicted molar refractivity (Wildman–Crippen MR) is 99.8 cm³/mol. The number of hydrogen-bond acceptors (Lipinski definition) is 5. The molecular weight excluding hydrogens is 352 g/mol. The number of para-hydroxylation sites is 2. The first-order valence-corrected chi connectivity index (χ1v) is 10.3. The molecule has 2 aromatic rings. The van der Waals surface area contributed by atoms with Crippen molar-refractivity contribution in [3.8, 4) is 0 Å². The van der Waals surface area contributed by atoms with Gasteiger partial charge >= 0.3 is 0 Å². The third-order valence-corrected chi connectivity index (χ3v) is 6.26. The Balaban J connectivity index is 1.54. The molecule has 2 aromatic carbocycles. The highest BCUT2D eigenvalue weighted by Gasteiger charge is 2.40. The second-order valence-corrected chi connectivity index (χ2v) is 8.21. The molecule has 1 spiro atoms. The Morgan fingerprint density at radius 3 is 2.19 bits per heavy atom. The van der Waals surface area contributed by atoms with Gasteiger partial charge in [-0.2, -0.15) is 0 Å². The molecule has 7 heteroatoms. The van der Waals surface area contributed by atoms with Crippen molar-refractivity contribution >= 4 is 21.4 Å². The van der Waals surface area contributed by atoms with Crippen molar-refractivity contribution in [2.24, 2.45) is 0 Å². The molecule has 0 unspecified atom stereocenters. The third-order valence-electron chi connectivity index (χ3n) is 4.88. The van der Waals surface area contributed by atoms with Gasteiger partial charge in [-0.15, -0.1) is 0 Å². The Morgan fingerprint density at radius 1 is 0.885 bits per heavy atom. The van der Waals surface area contributed by atoms with Crippen LogP contribution in [0.5, 0.6) is 0 Å². The van der Waals surface area contributed by atoms with E-state index in [-0.39, 0.29) is 4.90 Å². The molecule has 26 heavy (non-hydrogen) atoms. The van der Waals surface area contributed by atoms with Crippen LogP contribution in [-0.4, -0.2) is 40.5 Å². The Bertz CT molecular complexity index is 854. The largest absolute Gasteiger partial charge is 0.369 e. The molecule has 138 valence electrons. The van der Waals surface area contributed by atoms with Crippen LogP contribution in [0.3, 0.4) is 0 Å². The molecule has 0 bridgehead atoms. The van der Waals surface area contributed by atoms with E-state index in [4.69, 9.17) is 9.47 Å². The quantitative estimate of drug-likeness (QED) is 0.891. The minimum Gasteiger partial charge on any atom is -0.369 e. The zero-order valence-corrected chi connectivity index (χ0v) is 15.2. The van der Waals surface area contributed by atoms with Crippen molar-refractivity contribution in [2.45, 2.75) is 23.5 Å². The first-order chi connectivity index (χ1) is 12.6. The molecule has 2 aliphatic rings. The number of anilines is 2. The van der Waals surface area contributed by atoms with Crippen molar-refractivity contribution in [1.82, 2.24) is 0 Å². The summed E-state index contributed by atoms with van der Waals surface area (Å²) in [6.45, 7) is 2.80. The Labute approximate surface area is 153 Å². The van der Waals surface area contributed by atoms with E-state index in [1.165, 1.54) is 0 Å². The molecule has 2 saturated heterocycles. The third kappa shape index (κ3) is 3.42. The maximum Gasteiger partial charge on any atom is 0.261 e. The molecule has 0 aliphatic carbocycles. The SMILES string of the molecule is O=S(=O)(Nc1ccccc1N1CCC2(CC1)OCCO2)c1ccccc1. The molecule has 0 amide bonds. The summed E-state index contributed by atoms with van der Waals surface area (Å²) >= 11 is 0. The second kappa shape index (κ2) is 6.90. The maximum absolute atomic E-state index is 12.7. The van der Waals surface area contributed by atoms with Gasteiger partial charge in [-0.25, -0.2) is 8.42 Å². The zero-order chi connectivity index (χ0) is 18.0. The first-order valence-electron chi connectivity index (χ1n) is 8.78. The number of ether oxygens (including phenoxy) is 2. The predicted octanol–water partition coefficient (Wildman–Crippen LogP) is 2.83. The summed E-state index contributed by atoms with van der Waals surface area (Å²) in [6.07, 6.45) is 1.54. The van der Waals surface area contributed by atoms with Gasteiger partial charge in [-0.05, 0) is 24.3 Å². The van der Waals surface area contributed by atoms with Gasteiger partial charge in [0.2, 0.25) is 0 Å². The second-order valence-electron chi connectivity index (χ2n) is 6.53. The van der Waals surface area contributed by atoms with Crippen LogP contribution in [0, 0.1) is 0 Å². The number of hydrogen-bond donors (Lipinski definition) is 1. The van der Waals surface area contributed by atoms with Crippen LogP contribution < -0.4 is 9.62 Å². The number of benzene rings is 2. The average Bonchev–Trinajstić information content (AvgIpc) is 3.12. The van der Waals surface area contributed by atoms with Gasteiger partial charge in [-0.1, -0.05) is 30.3 Å². The van der Waals surface area contributed by atoms with E-state index in [9.17, 15) is 8.42 Å². The number of piperidine rings is 1. The molecular formula is C19H22N2O4S. The molecule has 0 aromatic heterocycles. The van der Waals surface area contributed by atoms with Gasteiger partial charge in [0.1, 0.15) is 0 Å². The molecule has 1 N–H and O–H groups in total. The van der Waals surface area contributed by atoms with Crippen LogP contribution in [0.4, 0.5) is 11.4 Å². The summed E-state index contributed by atoms with van der Waals surface area (Å²) < 4.78 is 39.6. The molecule has 6 nitrogen and oxygen atoms in total. The van der Waals surface area contributed by atoms with Crippen LogP contribution in [0.1, 0.15) is 12.8 Å². The fourth-order valence-electron chi connectivity index (χ4n) is 3.51. The van der Waals surface area contributed by atoms with E-state index in [0.717, 1.165) is 31.6 Å². The van der Waals surface area contributed by atoms with Crippen molar-refractivity contribution in [3.63, 3.8) is 0 Å². The smallest absolute Gasteiger partial charge is 0.261 e. The highest BCUT2D eigenvalue weighted by atomic mass is 32.2. The topological polar surface area (TPSA) is 67.9 Å². The maximum atomic E-state index is 12.7. The number of sulfonamides is 1. The van der Waals surface area contributed by atoms with E-state index in [0.29, 0.717) is 18.9 Å². The lowest BCUT2D eigenvalue weighted by atomic mass is 10.0. The van der Waals surface area contributed by atoms with Crippen LogP contribution in [0.25, 0.3) is 0 Å². The van der Waals surface area contributed by atoms with Gasteiger partial charge in [0.25, 0.3) is 10.0 Å². The number of nitrogens with zero attached hydrogens (tertiary/aromatic N) is 1. The summed E-state index contributed by atoms with van der Waals surface area (Å²) in [5.74, 6) is -0.449. The lowest BCUT2D eigenvalue weighted by Gasteiger charge is -2.39. The minimum atomic E-state index is -3.62. The fraction of sp³-hybridized carbons (Fsp3) is 0.368. The van der Waals surface area contributed by atoms with Crippen LogP contribution in [0.2, 0.25) is 0 Å². The molecule has 0 atom stereocenters. The minimum absolute atomic E-state index is 0.250. The molecule has 2 heterocycles. The van der Waals surface area contributed by atoms with E-state index in [2.05, 4.69) is 9.62 Å². The van der Waals surface area contributed by atoms with Crippen LogP contribution >= 0.6 is 0 Å². The first kappa shape index (κ1) is 17.3. The van der Waals surface area contributed by atoms with Gasteiger partial charge in [0.15, 0.2) is 5.79 Å². The van der Waals surface area contributed by atoms with Crippen molar-refractivity contribution in [3.05, 3.63) is 54.6 Å². The van der Waals surface area contributed by atoms with E-state index in [1.54, 1.807) is 36.4 Å². The molecule has 0 radical (unpaired) electrons. The summed E-state index contributed by atoms with van der Waals surface area (Å²) in [5, 5.41) is 0. The standard InChI is InChI=1S/C19H22N2O4S/c22-26(23,16-6-2-1-3-7-16)20-17-8-4-5-9-18(17)21-12-10-19(11-13-21)24-14-15-25-19/h1-9,20H,10-15H2. The number of rotatable bonds is 4. The Hall–Kier alpha value is -2.09. The summed E-state index contributed by atoms with van der Waals surface area (Å²) in [4.78, 5) is 2.43. The van der Waals surface area contributed by atoms with Gasteiger partial charge in [0, 0.05) is 25.9 Å². The van der Waals surface area contributed by atoms with Crippen molar-refractivity contribution < 1.29 is 17.9 Å². The van der Waals surface area contributed by atoms with Crippen LogP contribution in [0.15, 0.2) is 59.5 Å². The van der Waals surface area contributed by atoms with Gasteiger partial charge in [0.05, 0.1) is 29.5 Å². The lowest BCUT2D eigenvalue weighted by Crippen LogP contribution is -2.45. The highest BCUT2D eigenvalue weighted by molar-refractivity contribution is 7.92. The van der Waals surface area contributed by atoms with E-state index in [1.807, 2.05) is 18.2 Å². The van der Waals surface area contributed by atoms with E-state index >= 15 is 0 Å². The zero-order valence-electron chi connectivity index (χ0n) is 14.4. The normalized spacial score (nSPS) is 19.6. The van der Waals surface area contributed by atoms with Crippen molar-refractivity contribution in [2.75, 3.05) is 35.9 Å². The summed E-state index contributed by atoms with van der Waals surface area (Å²) in [7, 11) is -3.62. The summed E-state index contributed by atoms with van der Waals surface area (Å²) in [5.41, 5.74) is 1.46. The van der Waals surface area contributed by atoms with Gasteiger partial charge < -0.3 is 14.4 Å². The Kier molecular flexibility index (Phi) is 4.60. The molecule has 2 fully saturated rings. The molecule has 4 rings (SSSR count). The average molecular weight is 374 g/mol. The fourth-order valence-corrected chi connectivity index (χ4v) is 4.61. The number of nitrogens with one attached hydrogen (secondary N) is 1. The van der Waals surface area contributed by atoms with Crippen molar-refractivity contribution in [1.29, 1.82) is 0 Å². The lowest BCUT2D eigenvalue weighted by molar-refractivity contribution is -0.169. The van der Waals surface area contributed by atoms with Crippen LogP contribution in [-0.2, 0) is 19.5 Å². The molecule has 0 saturated carbocycles. The Morgan fingerprint density at radius 2 is 1.50 bits per heavy atom. The van der Waals surface area contributed by atoms with E-state index < -0.39 is 15.8 Å².